The Bertz CT molecular complexity index is 396. The highest BCUT2D eigenvalue weighted by molar-refractivity contribution is 14.0. The fourth-order valence-electron chi connectivity index (χ4n) is 1.71. The van der Waals surface area contributed by atoms with E-state index in [9.17, 15) is 0 Å². The summed E-state index contributed by atoms with van der Waals surface area (Å²) in [4.78, 5) is 4.25. The van der Waals surface area contributed by atoms with Crippen molar-refractivity contribution in [2.24, 2.45) is 10.7 Å². The molecule has 1 aromatic rings. The molecule has 114 valence electrons. The number of unbranched alkanes of at least 4 members (excludes halogenated alkanes) is 1. The number of nitrogens with one attached hydrogen (secondary N) is 1. The maximum absolute atomic E-state index is 5.77. The lowest BCUT2D eigenvalue weighted by Gasteiger charge is -2.08. The Balaban J connectivity index is 0.00000361. The fourth-order valence-corrected chi connectivity index (χ4v) is 1.71. The van der Waals surface area contributed by atoms with E-state index in [4.69, 9.17) is 10.5 Å². The van der Waals surface area contributed by atoms with Crippen LogP contribution in [0.4, 0.5) is 0 Å². The topological polar surface area (TPSA) is 59.6 Å². The van der Waals surface area contributed by atoms with Crippen molar-refractivity contribution < 1.29 is 4.74 Å². The molecule has 3 N–H and O–H groups in total. The Labute approximate surface area is 139 Å². The number of aliphatic imine (C=N–C) groups is 1. The maximum atomic E-state index is 5.77. The summed E-state index contributed by atoms with van der Waals surface area (Å²) in [5.74, 6) is 1.46. The van der Waals surface area contributed by atoms with Gasteiger partial charge >= 0.3 is 0 Å². The molecular weight excluding hydrogens is 365 g/mol. The van der Waals surface area contributed by atoms with Crippen molar-refractivity contribution in [2.45, 2.75) is 33.1 Å². The molecule has 0 bridgehead atoms. The number of nitrogens with two attached hydrogens (primary N) is 1. The third-order valence-corrected chi connectivity index (χ3v) is 2.72. The van der Waals surface area contributed by atoms with Crippen molar-refractivity contribution in [1.29, 1.82) is 0 Å². The van der Waals surface area contributed by atoms with Crippen molar-refractivity contribution >= 4 is 29.9 Å². The zero-order valence-corrected chi connectivity index (χ0v) is 14.7. The number of benzene rings is 1. The first-order valence-corrected chi connectivity index (χ1v) is 7.01. The van der Waals surface area contributed by atoms with E-state index in [-0.39, 0.29) is 24.0 Å². The maximum Gasteiger partial charge on any atom is 0.188 e. The highest BCUT2D eigenvalue weighted by Crippen LogP contribution is 2.13. The highest BCUT2D eigenvalue weighted by Gasteiger charge is 1.97. The molecule has 0 saturated carbocycles. The Hall–Kier alpha value is -0.980. The van der Waals surface area contributed by atoms with Gasteiger partial charge in [-0.25, -0.2) is 0 Å². The molecule has 0 aromatic heterocycles. The van der Waals surface area contributed by atoms with Crippen LogP contribution in [0.25, 0.3) is 0 Å². The minimum Gasteiger partial charge on any atom is -0.494 e. The molecule has 0 atom stereocenters. The van der Waals surface area contributed by atoms with E-state index in [0.717, 1.165) is 38.1 Å². The molecule has 0 aliphatic heterocycles. The second-order valence-corrected chi connectivity index (χ2v) is 4.38. The van der Waals surface area contributed by atoms with E-state index in [1.165, 1.54) is 5.56 Å². The van der Waals surface area contributed by atoms with Crippen molar-refractivity contribution in [3.63, 3.8) is 0 Å². The number of ether oxygens (including phenoxy) is 1. The van der Waals surface area contributed by atoms with Crippen LogP contribution in [0, 0.1) is 0 Å². The molecule has 1 aromatic carbocycles. The first kappa shape index (κ1) is 19.0. The summed E-state index contributed by atoms with van der Waals surface area (Å²) in [7, 11) is 0. The minimum atomic E-state index is 0. The molecule has 0 unspecified atom stereocenters. The van der Waals surface area contributed by atoms with Crippen LogP contribution in [0.2, 0.25) is 0 Å². The summed E-state index contributed by atoms with van der Waals surface area (Å²) in [5, 5.41) is 3.13. The number of rotatable bonds is 8. The smallest absolute Gasteiger partial charge is 0.188 e. The summed E-state index contributed by atoms with van der Waals surface area (Å²) >= 11 is 0. The summed E-state index contributed by atoms with van der Waals surface area (Å²) in [6.07, 6.45) is 3.13. The van der Waals surface area contributed by atoms with Crippen molar-refractivity contribution in [3.8, 4) is 5.75 Å². The predicted molar refractivity (Wildman–Crippen MR) is 96.1 cm³/mol. The third kappa shape index (κ3) is 8.24. The second kappa shape index (κ2) is 11.8. The molecule has 0 heterocycles. The average Bonchev–Trinajstić information content (AvgIpc) is 2.40. The Morgan fingerprint density at radius 1 is 1.35 bits per heavy atom. The van der Waals surface area contributed by atoms with Crippen molar-refractivity contribution in [2.75, 3.05) is 19.7 Å². The van der Waals surface area contributed by atoms with Gasteiger partial charge in [0.2, 0.25) is 0 Å². The number of guanidine groups is 1. The molecule has 0 amide bonds. The number of hydrogen-bond donors (Lipinski definition) is 2. The standard InChI is InChI=1S/C15H25N3O.HI/c1-3-5-10-17-15(16)18-11-9-13-7-6-8-14(12-13)19-4-2;/h6-8,12H,3-5,9-11H2,1-2H3,(H3,16,17,18);1H. The van der Waals surface area contributed by atoms with Crippen molar-refractivity contribution in [1.82, 2.24) is 5.32 Å². The van der Waals surface area contributed by atoms with Crippen LogP contribution in [0.3, 0.4) is 0 Å². The molecule has 1 rings (SSSR count). The third-order valence-electron chi connectivity index (χ3n) is 2.72. The van der Waals surface area contributed by atoms with Gasteiger partial charge in [0.25, 0.3) is 0 Å². The quantitative estimate of drug-likeness (QED) is 0.310. The fraction of sp³-hybridized carbons (Fsp3) is 0.533. The van der Waals surface area contributed by atoms with Gasteiger partial charge in [0, 0.05) is 13.1 Å². The van der Waals surface area contributed by atoms with Crippen LogP contribution in [-0.2, 0) is 6.42 Å². The van der Waals surface area contributed by atoms with Gasteiger partial charge in [-0.3, -0.25) is 4.99 Å². The largest absolute Gasteiger partial charge is 0.494 e. The van der Waals surface area contributed by atoms with Crippen LogP contribution in [0.5, 0.6) is 5.75 Å². The molecule has 0 fully saturated rings. The van der Waals surface area contributed by atoms with Crippen molar-refractivity contribution in [3.05, 3.63) is 29.8 Å². The van der Waals surface area contributed by atoms with E-state index in [2.05, 4.69) is 29.4 Å². The zero-order valence-electron chi connectivity index (χ0n) is 12.4. The SMILES string of the molecule is CCCCN=C(N)NCCc1cccc(OCC)c1.I. The minimum absolute atomic E-state index is 0. The lowest BCUT2D eigenvalue weighted by atomic mass is 10.1. The Morgan fingerprint density at radius 3 is 2.85 bits per heavy atom. The molecule has 20 heavy (non-hydrogen) atoms. The van der Waals surface area contributed by atoms with Crippen LogP contribution >= 0.6 is 24.0 Å². The second-order valence-electron chi connectivity index (χ2n) is 4.38. The van der Waals surface area contributed by atoms with Gasteiger partial charge < -0.3 is 15.8 Å². The van der Waals surface area contributed by atoms with E-state index < -0.39 is 0 Å². The molecule has 0 saturated heterocycles. The number of nitrogens with zero attached hydrogens (tertiary/aromatic N) is 1. The van der Waals surface area contributed by atoms with Gasteiger partial charge in [-0.1, -0.05) is 25.5 Å². The number of hydrogen-bond acceptors (Lipinski definition) is 2. The first-order valence-electron chi connectivity index (χ1n) is 7.01. The van der Waals surface area contributed by atoms with Gasteiger partial charge in [0.1, 0.15) is 5.75 Å². The van der Waals surface area contributed by atoms with E-state index >= 15 is 0 Å². The predicted octanol–water partition coefficient (Wildman–Crippen LogP) is 2.95. The lowest BCUT2D eigenvalue weighted by molar-refractivity contribution is 0.340. The van der Waals surface area contributed by atoms with E-state index in [1.54, 1.807) is 0 Å². The molecule has 5 heteroatoms. The van der Waals surface area contributed by atoms with Crippen LogP contribution in [-0.4, -0.2) is 25.7 Å². The first-order chi connectivity index (χ1) is 9.26. The van der Waals surface area contributed by atoms with Gasteiger partial charge in [0.05, 0.1) is 6.61 Å². The summed E-state index contributed by atoms with van der Waals surface area (Å²) in [6, 6.07) is 8.14. The molecule has 0 radical (unpaired) electrons. The van der Waals surface area contributed by atoms with Gasteiger partial charge in [-0.2, -0.15) is 0 Å². The molecule has 0 aliphatic carbocycles. The summed E-state index contributed by atoms with van der Waals surface area (Å²) in [6.45, 7) is 6.41. The lowest BCUT2D eigenvalue weighted by Crippen LogP contribution is -2.33. The highest BCUT2D eigenvalue weighted by atomic mass is 127. The Morgan fingerprint density at radius 2 is 2.15 bits per heavy atom. The normalized spacial score (nSPS) is 10.8. The Kier molecular flexibility index (Phi) is 11.2. The van der Waals surface area contributed by atoms with Crippen LogP contribution in [0.1, 0.15) is 32.3 Å². The van der Waals surface area contributed by atoms with E-state index in [0.29, 0.717) is 12.6 Å². The molecule has 0 spiro atoms. The zero-order chi connectivity index (χ0) is 13.9. The van der Waals surface area contributed by atoms with Crippen LogP contribution in [0.15, 0.2) is 29.3 Å². The van der Waals surface area contributed by atoms with Gasteiger partial charge in [-0.15, -0.1) is 24.0 Å². The summed E-state index contributed by atoms with van der Waals surface area (Å²) in [5.41, 5.74) is 7.01. The summed E-state index contributed by atoms with van der Waals surface area (Å²) < 4.78 is 5.47. The number of halogens is 1. The van der Waals surface area contributed by atoms with E-state index in [1.807, 2.05) is 19.1 Å². The molecular formula is C15H26IN3O. The average molecular weight is 391 g/mol. The molecule has 0 aliphatic rings. The van der Waals surface area contributed by atoms with Gasteiger partial charge in [0.15, 0.2) is 5.96 Å². The molecule has 4 nitrogen and oxygen atoms in total. The monoisotopic (exact) mass is 391 g/mol. The van der Waals surface area contributed by atoms with Crippen LogP contribution < -0.4 is 15.8 Å². The van der Waals surface area contributed by atoms with Gasteiger partial charge in [-0.05, 0) is 37.5 Å².